The molecule has 2 heterocycles. The lowest BCUT2D eigenvalue weighted by atomic mass is 9.87. The van der Waals surface area contributed by atoms with Crippen molar-refractivity contribution in [3.63, 3.8) is 0 Å². The Morgan fingerprint density at radius 1 is 1.07 bits per heavy atom. The van der Waals surface area contributed by atoms with E-state index >= 15 is 0 Å². The summed E-state index contributed by atoms with van der Waals surface area (Å²) < 4.78 is 11.7. The van der Waals surface area contributed by atoms with Gasteiger partial charge in [0.2, 0.25) is 0 Å². The third kappa shape index (κ3) is 5.13. The number of piperazine rings is 1. The molecule has 2 aliphatic heterocycles. The van der Waals surface area contributed by atoms with Crippen LogP contribution in [0.4, 0.5) is 0 Å². The van der Waals surface area contributed by atoms with Crippen LogP contribution in [0.1, 0.15) is 58.1 Å². The van der Waals surface area contributed by atoms with Crippen molar-refractivity contribution in [2.24, 2.45) is 0 Å². The summed E-state index contributed by atoms with van der Waals surface area (Å²) in [6, 6.07) is 11.0. The minimum absolute atomic E-state index is 0.203. The first-order chi connectivity index (χ1) is 14.1. The van der Waals surface area contributed by atoms with E-state index < -0.39 is 0 Å². The molecule has 2 saturated heterocycles. The predicted octanol–water partition coefficient (Wildman–Crippen LogP) is 3.45. The summed E-state index contributed by atoms with van der Waals surface area (Å²) in [7, 11) is 0. The first-order valence-corrected chi connectivity index (χ1v) is 11.7. The van der Waals surface area contributed by atoms with Crippen LogP contribution in [0.3, 0.4) is 0 Å². The van der Waals surface area contributed by atoms with E-state index in [1.807, 2.05) is 0 Å². The summed E-state index contributed by atoms with van der Waals surface area (Å²) in [5.41, 5.74) is 1.31. The van der Waals surface area contributed by atoms with E-state index in [1.165, 1.54) is 31.2 Å². The largest absolute Gasteiger partial charge is 0.491 e. The maximum atomic E-state index is 6.10. The molecule has 0 bridgehead atoms. The fourth-order valence-corrected chi connectivity index (χ4v) is 5.48. The Morgan fingerprint density at radius 3 is 2.59 bits per heavy atom. The molecule has 0 amide bonds. The zero-order chi connectivity index (χ0) is 20.2. The number of hydrogen-bond acceptors (Lipinski definition) is 5. The molecule has 3 aliphatic rings. The second-order valence-corrected chi connectivity index (χ2v) is 9.33. The lowest BCUT2D eigenvalue weighted by Gasteiger charge is -2.46. The third-order valence-electron chi connectivity index (χ3n) is 6.93. The molecule has 1 aromatic rings. The normalized spacial score (nSPS) is 32.4. The Kier molecular flexibility index (Phi) is 7.12. The Bertz CT molecular complexity index is 645. The number of nitrogens with one attached hydrogen (secondary N) is 1. The highest BCUT2D eigenvalue weighted by molar-refractivity contribution is 5.36. The highest BCUT2D eigenvalue weighted by Crippen LogP contribution is 2.32. The highest BCUT2D eigenvalue weighted by atomic mass is 16.5. The van der Waals surface area contributed by atoms with Gasteiger partial charge in [-0.2, -0.15) is 0 Å². The van der Waals surface area contributed by atoms with Gasteiger partial charge in [0.1, 0.15) is 5.75 Å². The van der Waals surface area contributed by atoms with Crippen molar-refractivity contribution < 1.29 is 9.47 Å². The molecule has 2 atom stereocenters. The minimum atomic E-state index is 0.203. The molecular weight excluding hydrogens is 362 g/mol. The molecule has 5 nitrogen and oxygen atoms in total. The van der Waals surface area contributed by atoms with E-state index in [9.17, 15) is 0 Å². The molecule has 5 heteroatoms. The van der Waals surface area contributed by atoms with Gasteiger partial charge in [-0.3, -0.25) is 9.80 Å². The maximum absolute atomic E-state index is 6.10. The molecule has 0 aromatic heterocycles. The molecule has 1 N–H and O–H groups in total. The molecule has 29 heavy (non-hydrogen) atoms. The van der Waals surface area contributed by atoms with Crippen molar-refractivity contribution in [1.82, 2.24) is 15.1 Å². The van der Waals surface area contributed by atoms with Gasteiger partial charge < -0.3 is 14.8 Å². The molecule has 1 aliphatic carbocycles. The first kappa shape index (κ1) is 21.1. The van der Waals surface area contributed by atoms with Crippen LogP contribution in [-0.4, -0.2) is 73.4 Å². The van der Waals surface area contributed by atoms with Crippen molar-refractivity contribution in [3.8, 4) is 5.75 Å². The monoisotopic (exact) mass is 401 g/mol. The number of hydrogen-bond donors (Lipinski definition) is 1. The number of nitrogens with zero attached hydrogens (tertiary/aromatic N) is 2. The fourth-order valence-electron chi connectivity index (χ4n) is 5.48. The van der Waals surface area contributed by atoms with Gasteiger partial charge in [-0.25, -0.2) is 0 Å². The topological polar surface area (TPSA) is 37.0 Å². The van der Waals surface area contributed by atoms with Gasteiger partial charge in [0.15, 0.2) is 0 Å². The number of rotatable bonds is 5. The van der Waals surface area contributed by atoms with E-state index in [-0.39, 0.29) is 6.10 Å². The molecular formula is C24H39N3O2. The number of morpholine rings is 1. The zero-order valence-electron chi connectivity index (χ0n) is 18.5. The molecule has 1 unspecified atom stereocenters. The summed E-state index contributed by atoms with van der Waals surface area (Å²) in [5, 5.41) is 3.74. The summed E-state index contributed by atoms with van der Waals surface area (Å²) in [6.07, 6.45) is 5.51. The van der Waals surface area contributed by atoms with Gasteiger partial charge in [-0.1, -0.05) is 18.2 Å². The van der Waals surface area contributed by atoms with Gasteiger partial charge >= 0.3 is 0 Å². The summed E-state index contributed by atoms with van der Waals surface area (Å²) in [4.78, 5) is 5.45. The first-order valence-electron chi connectivity index (χ1n) is 11.7. The van der Waals surface area contributed by atoms with Crippen LogP contribution in [0.15, 0.2) is 24.3 Å². The number of benzene rings is 1. The Balaban J connectivity index is 1.35. The fraction of sp³-hybridized carbons (Fsp3) is 0.750. The predicted molar refractivity (Wildman–Crippen MR) is 118 cm³/mol. The maximum Gasteiger partial charge on any atom is 0.124 e. The van der Waals surface area contributed by atoms with Gasteiger partial charge in [0.25, 0.3) is 0 Å². The lowest BCUT2D eigenvalue weighted by molar-refractivity contribution is -0.0355. The number of para-hydroxylation sites is 1. The third-order valence-corrected chi connectivity index (χ3v) is 6.93. The molecule has 3 fully saturated rings. The Hall–Kier alpha value is -1.14. The van der Waals surface area contributed by atoms with E-state index in [4.69, 9.17) is 9.47 Å². The van der Waals surface area contributed by atoms with E-state index in [2.05, 4.69) is 60.2 Å². The van der Waals surface area contributed by atoms with E-state index in [0.717, 1.165) is 57.2 Å². The van der Waals surface area contributed by atoms with Crippen molar-refractivity contribution in [2.45, 2.75) is 76.7 Å². The van der Waals surface area contributed by atoms with Gasteiger partial charge in [-0.15, -0.1) is 0 Å². The average Bonchev–Trinajstić information content (AvgIpc) is 2.74. The van der Waals surface area contributed by atoms with Gasteiger partial charge in [0.05, 0.1) is 19.3 Å². The Morgan fingerprint density at radius 2 is 1.83 bits per heavy atom. The van der Waals surface area contributed by atoms with Crippen LogP contribution in [0.5, 0.6) is 5.75 Å². The SMILES string of the molecule is CC(C)Oc1ccccc1[C@@H]1CN(C2CCC(N3CCOCC3C)CC2)CCN1. The molecule has 0 radical (unpaired) electrons. The van der Waals surface area contributed by atoms with Crippen molar-refractivity contribution in [2.75, 3.05) is 39.4 Å². The standard InChI is InChI=1S/C24H39N3O2/c1-18(2)29-24-7-5-4-6-22(24)23-16-26(13-12-25-23)20-8-10-21(11-9-20)27-14-15-28-17-19(27)3/h4-7,18-21,23,25H,8-17H2,1-3H3/t19?,20?,21?,23-/m0/s1. The van der Waals surface area contributed by atoms with Crippen LogP contribution in [0.2, 0.25) is 0 Å². The molecule has 162 valence electrons. The molecule has 1 saturated carbocycles. The van der Waals surface area contributed by atoms with Crippen LogP contribution in [0, 0.1) is 0 Å². The second kappa shape index (κ2) is 9.78. The number of ether oxygens (including phenoxy) is 2. The molecule has 1 aromatic carbocycles. The van der Waals surface area contributed by atoms with Gasteiger partial charge in [-0.05, 0) is 52.5 Å². The minimum Gasteiger partial charge on any atom is -0.491 e. The van der Waals surface area contributed by atoms with E-state index in [0.29, 0.717) is 12.1 Å². The summed E-state index contributed by atoms with van der Waals surface area (Å²) in [5.74, 6) is 1.03. The zero-order valence-corrected chi connectivity index (χ0v) is 18.5. The lowest BCUT2D eigenvalue weighted by Crippen LogP contribution is -2.54. The molecule has 0 spiro atoms. The van der Waals surface area contributed by atoms with E-state index in [1.54, 1.807) is 0 Å². The van der Waals surface area contributed by atoms with Gasteiger partial charge in [0, 0.05) is 55.9 Å². The van der Waals surface area contributed by atoms with Crippen molar-refractivity contribution >= 4 is 0 Å². The van der Waals surface area contributed by atoms with Crippen LogP contribution < -0.4 is 10.1 Å². The Labute approximate surface area is 176 Å². The molecule has 4 rings (SSSR count). The van der Waals surface area contributed by atoms with Crippen molar-refractivity contribution in [3.05, 3.63) is 29.8 Å². The summed E-state index contributed by atoms with van der Waals surface area (Å²) >= 11 is 0. The van der Waals surface area contributed by atoms with Crippen LogP contribution in [0.25, 0.3) is 0 Å². The average molecular weight is 402 g/mol. The highest BCUT2D eigenvalue weighted by Gasteiger charge is 2.34. The van der Waals surface area contributed by atoms with Crippen molar-refractivity contribution in [1.29, 1.82) is 0 Å². The summed E-state index contributed by atoms with van der Waals surface area (Å²) in [6.45, 7) is 12.7. The van der Waals surface area contributed by atoms with Crippen LogP contribution >= 0.6 is 0 Å². The smallest absolute Gasteiger partial charge is 0.124 e. The second-order valence-electron chi connectivity index (χ2n) is 9.33. The van der Waals surface area contributed by atoms with Crippen LogP contribution in [-0.2, 0) is 4.74 Å². The quantitative estimate of drug-likeness (QED) is 0.818.